The second-order valence-corrected chi connectivity index (χ2v) is 10.0. The summed E-state index contributed by atoms with van der Waals surface area (Å²) < 4.78 is 8.66. The fourth-order valence-corrected chi connectivity index (χ4v) is 3.87. The van der Waals surface area contributed by atoms with Crippen molar-refractivity contribution in [1.29, 1.82) is 0 Å². The van der Waals surface area contributed by atoms with E-state index >= 15 is 0 Å². The average molecular weight is 288 g/mol. The summed E-state index contributed by atoms with van der Waals surface area (Å²) in [6.45, 7) is 6.78. The van der Waals surface area contributed by atoms with Gasteiger partial charge in [0.15, 0.2) is 8.32 Å². The summed E-state index contributed by atoms with van der Waals surface area (Å²) in [5, 5.41) is 0. The van der Waals surface area contributed by atoms with Gasteiger partial charge in [0, 0.05) is 19.4 Å². The van der Waals surface area contributed by atoms with Crippen molar-refractivity contribution in [3.8, 4) is 0 Å². The van der Waals surface area contributed by atoms with E-state index < -0.39 is 8.32 Å². The number of rotatable bonds is 6. The molecular formula is C16H24N2OSi. The lowest BCUT2D eigenvalue weighted by Crippen LogP contribution is -2.35. The number of nitrogens with zero attached hydrogens (tertiary/aromatic N) is 2. The Morgan fingerprint density at radius 2 is 1.85 bits per heavy atom. The molecule has 1 aromatic heterocycles. The Kier molecular flexibility index (Phi) is 4.78. The van der Waals surface area contributed by atoms with Gasteiger partial charge in [-0.2, -0.15) is 0 Å². The van der Waals surface area contributed by atoms with Crippen LogP contribution in [0, 0.1) is 0 Å². The zero-order valence-electron chi connectivity index (χ0n) is 12.8. The number of benzene rings is 1. The van der Waals surface area contributed by atoms with E-state index in [0.717, 1.165) is 17.9 Å². The van der Waals surface area contributed by atoms with Crippen LogP contribution in [-0.2, 0) is 11.5 Å². The molecule has 0 saturated carbocycles. The maximum atomic E-state index is 6.60. The van der Waals surface area contributed by atoms with E-state index in [1.54, 1.807) is 0 Å². The molecule has 0 aliphatic heterocycles. The molecule has 0 spiro atoms. The van der Waals surface area contributed by atoms with Crippen molar-refractivity contribution in [1.82, 2.24) is 9.55 Å². The lowest BCUT2D eigenvalue weighted by molar-refractivity contribution is 0.219. The SMILES string of the molecule is CC[Si](C)(CC)OC(c1ccccc1)c1nccn1C. The van der Waals surface area contributed by atoms with Crippen LogP contribution in [0.25, 0.3) is 0 Å². The Balaban J connectivity index is 2.38. The van der Waals surface area contributed by atoms with Gasteiger partial charge in [-0.05, 0) is 24.2 Å². The van der Waals surface area contributed by atoms with Crippen LogP contribution in [-0.4, -0.2) is 17.9 Å². The Labute approximate surface area is 122 Å². The summed E-state index contributed by atoms with van der Waals surface area (Å²) in [4.78, 5) is 4.51. The van der Waals surface area contributed by atoms with Crippen LogP contribution in [0.5, 0.6) is 0 Å². The van der Waals surface area contributed by atoms with E-state index in [4.69, 9.17) is 4.43 Å². The monoisotopic (exact) mass is 288 g/mol. The van der Waals surface area contributed by atoms with Gasteiger partial charge in [0.25, 0.3) is 0 Å². The van der Waals surface area contributed by atoms with Crippen LogP contribution < -0.4 is 0 Å². The number of hydrogen-bond donors (Lipinski definition) is 0. The minimum absolute atomic E-state index is 0.0623. The largest absolute Gasteiger partial charge is 0.403 e. The molecule has 0 fully saturated rings. The van der Waals surface area contributed by atoms with Crippen molar-refractivity contribution < 1.29 is 4.43 Å². The van der Waals surface area contributed by atoms with Crippen molar-refractivity contribution in [2.75, 3.05) is 0 Å². The van der Waals surface area contributed by atoms with Crippen molar-refractivity contribution >= 4 is 8.32 Å². The van der Waals surface area contributed by atoms with E-state index in [2.05, 4.69) is 54.2 Å². The fraction of sp³-hybridized carbons (Fsp3) is 0.438. The molecule has 0 amide bonds. The second kappa shape index (κ2) is 6.37. The lowest BCUT2D eigenvalue weighted by atomic mass is 10.1. The molecule has 1 heterocycles. The zero-order valence-corrected chi connectivity index (χ0v) is 13.8. The highest BCUT2D eigenvalue weighted by atomic mass is 28.4. The number of imidazole rings is 1. The van der Waals surface area contributed by atoms with E-state index in [0.29, 0.717) is 0 Å². The third-order valence-corrected chi connectivity index (χ3v) is 7.89. The Bertz CT molecular complexity index is 534. The van der Waals surface area contributed by atoms with Gasteiger partial charge >= 0.3 is 0 Å². The molecule has 2 rings (SSSR count). The molecule has 0 N–H and O–H groups in total. The van der Waals surface area contributed by atoms with Gasteiger partial charge in [0.05, 0.1) is 0 Å². The van der Waals surface area contributed by atoms with E-state index in [9.17, 15) is 0 Å². The minimum atomic E-state index is -1.68. The van der Waals surface area contributed by atoms with Crippen LogP contribution in [0.2, 0.25) is 18.6 Å². The van der Waals surface area contributed by atoms with Gasteiger partial charge < -0.3 is 8.99 Å². The Morgan fingerprint density at radius 3 is 2.35 bits per heavy atom. The highest BCUT2D eigenvalue weighted by Gasteiger charge is 2.31. The standard InChI is InChI=1S/C16H24N2OSi/c1-5-20(4,6-2)19-15(14-10-8-7-9-11-14)16-17-12-13-18(16)3/h7-13,15H,5-6H2,1-4H3. The molecule has 0 radical (unpaired) electrons. The van der Waals surface area contributed by atoms with E-state index in [1.807, 2.05) is 25.5 Å². The topological polar surface area (TPSA) is 27.1 Å². The Hall–Kier alpha value is -1.39. The maximum absolute atomic E-state index is 6.60. The first-order valence-corrected chi connectivity index (χ1v) is 10.1. The smallest absolute Gasteiger partial charge is 0.190 e. The molecule has 108 valence electrons. The highest BCUT2D eigenvalue weighted by molar-refractivity contribution is 6.72. The van der Waals surface area contributed by atoms with Gasteiger partial charge in [-0.1, -0.05) is 44.2 Å². The first-order valence-electron chi connectivity index (χ1n) is 7.29. The molecule has 0 bridgehead atoms. The number of aryl methyl sites for hydroxylation is 1. The van der Waals surface area contributed by atoms with Gasteiger partial charge in [-0.15, -0.1) is 0 Å². The summed E-state index contributed by atoms with van der Waals surface area (Å²) in [5.74, 6) is 0.983. The molecule has 1 atom stereocenters. The van der Waals surface area contributed by atoms with Gasteiger partial charge in [-0.25, -0.2) is 4.98 Å². The maximum Gasteiger partial charge on any atom is 0.190 e. The third kappa shape index (κ3) is 3.19. The molecule has 2 aromatic rings. The molecular weight excluding hydrogens is 264 g/mol. The fourth-order valence-electron chi connectivity index (χ4n) is 2.23. The van der Waals surface area contributed by atoms with E-state index in [1.165, 1.54) is 5.56 Å². The predicted octanol–water partition coefficient (Wildman–Crippen LogP) is 4.14. The molecule has 0 saturated heterocycles. The molecule has 1 aromatic carbocycles. The van der Waals surface area contributed by atoms with E-state index in [-0.39, 0.29) is 6.10 Å². The summed E-state index contributed by atoms with van der Waals surface area (Å²) in [6, 6.07) is 12.7. The van der Waals surface area contributed by atoms with Crippen molar-refractivity contribution in [3.05, 3.63) is 54.1 Å². The summed E-state index contributed by atoms with van der Waals surface area (Å²) in [5.41, 5.74) is 1.18. The average Bonchev–Trinajstić information content (AvgIpc) is 2.91. The molecule has 4 heteroatoms. The molecule has 20 heavy (non-hydrogen) atoms. The zero-order chi connectivity index (χ0) is 14.6. The third-order valence-electron chi connectivity index (χ3n) is 4.09. The van der Waals surface area contributed by atoms with Crippen molar-refractivity contribution in [2.24, 2.45) is 7.05 Å². The number of aromatic nitrogens is 2. The summed E-state index contributed by atoms with van der Waals surface area (Å²) >= 11 is 0. The van der Waals surface area contributed by atoms with Crippen LogP contribution in [0.1, 0.15) is 31.3 Å². The first-order chi connectivity index (χ1) is 9.59. The lowest BCUT2D eigenvalue weighted by Gasteiger charge is -2.30. The van der Waals surface area contributed by atoms with Crippen molar-refractivity contribution in [2.45, 2.75) is 38.6 Å². The second-order valence-electron chi connectivity index (χ2n) is 5.46. The van der Waals surface area contributed by atoms with Crippen molar-refractivity contribution in [3.63, 3.8) is 0 Å². The molecule has 3 nitrogen and oxygen atoms in total. The Morgan fingerprint density at radius 1 is 1.20 bits per heavy atom. The predicted molar refractivity (Wildman–Crippen MR) is 85.2 cm³/mol. The first kappa shape index (κ1) is 15.0. The van der Waals surface area contributed by atoms with Crippen LogP contribution in [0.4, 0.5) is 0 Å². The molecule has 1 unspecified atom stereocenters. The minimum Gasteiger partial charge on any atom is -0.403 e. The quantitative estimate of drug-likeness (QED) is 0.747. The van der Waals surface area contributed by atoms with Crippen LogP contribution in [0.3, 0.4) is 0 Å². The summed E-state index contributed by atoms with van der Waals surface area (Å²) in [7, 11) is 0.351. The molecule has 0 aliphatic carbocycles. The van der Waals surface area contributed by atoms with Gasteiger partial charge in [-0.3, -0.25) is 0 Å². The van der Waals surface area contributed by atoms with Gasteiger partial charge in [0.1, 0.15) is 11.9 Å². The van der Waals surface area contributed by atoms with Crippen LogP contribution in [0.15, 0.2) is 42.7 Å². The molecule has 0 aliphatic rings. The summed E-state index contributed by atoms with van der Waals surface area (Å²) in [6.07, 6.45) is 3.75. The highest BCUT2D eigenvalue weighted by Crippen LogP contribution is 2.31. The van der Waals surface area contributed by atoms with Crippen LogP contribution >= 0.6 is 0 Å². The number of hydrogen-bond acceptors (Lipinski definition) is 2. The normalized spacial score (nSPS) is 13.4. The van der Waals surface area contributed by atoms with Gasteiger partial charge in [0.2, 0.25) is 0 Å².